The van der Waals surface area contributed by atoms with Crippen LogP contribution in [0.5, 0.6) is 0 Å². The molecule has 0 aliphatic carbocycles. The lowest BCUT2D eigenvalue weighted by molar-refractivity contribution is -0.133. The number of carbonyl (C=O) groups is 1. The van der Waals surface area contributed by atoms with Crippen molar-refractivity contribution in [2.75, 3.05) is 6.54 Å². The van der Waals surface area contributed by atoms with Crippen molar-refractivity contribution in [3.05, 3.63) is 30.0 Å². The van der Waals surface area contributed by atoms with Crippen molar-refractivity contribution in [2.24, 2.45) is 11.8 Å². The van der Waals surface area contributed by atoms with Gasteiger partial charge in [0, 0.05) is 18.0 Å². The maximum atomic E-state index is 12.9. The molecule has 2 aromatic rings. The second-order valence-electron chi connectivity index (χ2n) is 7.17. The third-order valence-corrected chi connectivity index (χ3v) is 5.08. The Morgan fingerprint density at radius 1 is 1.30 bits per heavy atom. The lowest BCUT2D eigenvalue weighted by atomic mass is 9.95. The van der Waals surface area contributed by atoms with Crippen molar-refractivity contribution in [1.82, 2.24) is 10.1 Å². The summed E-state index contributed by atoms with van der Waals surface area (Å²) in [6.07, 6.45) is 3.73. The molecule has 0 radical (unpaired) electrons. The molecule has 1 aromatic carbocycles. The van der Waals surface area contributed by atoms with Crippen LogP contribution < -0.4 is 0 Å². The van der Waals surface area contributed by atoms with Crippen molar-refractivity contribution in [1.29, 1.82) is 0 Å². The van der Waals surface area contributed by atoms with Crippen molar-refractivity contribution in [3.63, 3.8) is 0 Å². The molecule has 4 nitrogen and oxygen atoms in total. The van der Waals surface area contributed by atoms with Gasteiger partial charge in [0.25, 0.3) is 0 Å². The highest BCUT2D eigenvalue weighted by Crippen LogP contribution is 2.27. The summed E-state index contributed by atoms with van der Waals surface area (Å²) in [7, 11) is 0. The number of benzene rings is 1. The van der Waals surface area contributed by atoms with E-state index in [1.54, 1.807) is 0 Å². The van der Waals surface area contributed by atoms with Crippen LogP contribution in [0.3, 0.4) is 0 Å². The average Bonchev–Trinajstić information content (AvgIpc) is 2.81. The van der Waals surface area contributed by atoms with Gasteiger partial charge in [0.2, 0.25) is 5.91 Å². The van der Waals surface area contributed by atoms with Crippen LogP contribution >= 0.6 is 0 Å². The van der Waals surface area contributed by atoms with Gasteiger partial charge in [-0.3, -0.25) is 4.79 Å². The van der Waals surface area contributed by atoms with Crippen LogP contribution in [0.1, 0.15) is 45.7 Å². The van der Waals surface area contributed by atoms with Gasteiger partial charge < -0.3 is 9.42 Å². The number of nitrogens with zero attached hydrogens (tertiary/aromatic N) is 2. The molecule has 1 aliphatic heterocycles. The van der Waals surface area contributed by atoms with Crippen LogP contribution in [0.25, 0.3) is 11.0 Å². The first-order valence-corrected chi connectivity index (χ1v) is 8.69. The van der Waals surface area contributed by atoms with E-state index in [2.05, 4.69) is 30.8 Å². The molecule has 0 saturated carbocycles. The molecule has 124 valence electrons. The first-order valence-electron chi connectivity index (χ1n) is 8.69. The molecule has 2 heterocycles. The SMILES string of the molecule is CC1CCC(C(C)C)N(C(=O)Cc2noc3ccccc23)CC1. The smallest absolute Gasteiger partial charge is 0.229 e. The molecule has 0 spiro atoms. The van der Waals surface area contributed by atoms with E-state index >= 15 is 0 Å². The van der Waals surface area contributed by atoms with Crippen molar-refractivity contribution in [3.8, 4) is 0 Å². The van der Waals surface area contributed by atoms with Crippen LogP contribution in [0.2, 0.25) is 0 Å². The number of hydrogen-bond acceptors (Lipinski definition) is 3. The molecular weight excluding hydrogens is 288 g/mol. The molecule has 1 amide bonds. The molecule has 23 heavy (non-hydrogen) atoms. The quantitative estimate of drug-likeness (QED) is 0.859. The fourth-order valence-electron chi connectivity index (χ4n) is 3.59. The van der Waals surface area contributed by atoms with Crippen LogP contribution in [0.4, 0.5) is 0 Å². The first kappa shape index (κ1) is 16.0. The predicted molar refractivity (Wildman–Crippen MR) is 91.1 cm³/mol. The Hall–Kier alpha value is -1.84. The van der Waals surface area contributed by atoms with Gasteiger partial charge in [-0.15, -0.1) is 0 Å². The minimum atomic E-state index is 0.178. The van der Waals surface area contributed by atoms with E-state index in [0.29, 0.717) is 24.3 Å². The van der Waals surface area contributed by atoms with Crippen LogP contribution in [0, 0.1) is 11.8 Å². The average molecular weight is 314 g/mol. The summed E-state index contributed by atoms with van der Waals surface area (Å²) in [6.45, 7) is 7.58. The number of likely N-dealkylation sites (tertiary alicyclic amines) is 1. The summed E-state index contributed by atoms with van der Waals surface area (Å²) in [6, 6.07) is 8.08. The van der Waals surface area contributed by atoms with Gasteiger partial charge in [0.05, 0.1) is 6.42 Å². The molecule has 0 N–H and O–H groups in total. The second-order valence-corrected chi connectivity index (χ2v) is 7.17. The molecule has 1 aromatic heterocycles. The van der Waals surface area contributed by atoms with E-state index in [1.807, 2.05) is 24.3 Å². The minimum absolute atomic E-state index is 0.178. The molecule has 0 bridgehead atoms. The number of fused-ring (bicyclic) bond motifs is 1. The van der Waals surface area contributed by atoms with Gasteiger partial charge in [-0.2, -0.15) is 0 Å². The maximum Gasteiger partial charge on any atom is 0.229 e. The summed E-state index contributed by atoms with van der Waals surface area (Å²) in [5.41, 5.74) is 1.51. The predicted octanol–water partition coefficient (Wildman–Crippen LogP) is 4.04. The fourth-order valence-corrected chi connectivity index (χ4v) is 3.59. The van der Waals surface area contributed by atoms with Crippen LogP contribution in [-0.2, 0) is 11.2 Å². The zero-order valence-electron chi connectivity index (χ0n) is 14.3. The lowest BCUT2D eigenvalue weighted by Gasteiger charge is -2.33. The Morgan fingerprint density at radius 2 is 2.09 bits per heavy atom. The first-order chi connectivity index (χ1) is 11.1. The number of hydrogen-bond donors (Lipinski definition) is 0. The van der Waals surface area contributed by atoms with Crippen molar-refractivity contribution < 1.29 is 9.32 Å². The summed E-state index contributed by atoms with van der Waals surface area (Å²) < 4.78 is 5.33. The highest BCUT2D eigenvalue weighted by Gasteiger charge is 2.30. The van der Waals surface area contributed by atoms with Gasteiger partial charge in [-0.05, 0) is 43.2 Å². The standard InChI is InChI=1S/C19H26N2O2/c1-13(2)17-9-8-14(3)10-11-21(17)19(22)12-16-15-6-4-5-7-18(15)23-20-16/h4-7,13-14,17H,8-12H2,1-3H3. The topological polar surface area (TPSA) is 46.3 Å². The number of carbonyl (C=O) groups excluding carboxylic acids is 1. The third-order valence-electron chi connectivity index (χ3n) is 5.08. The van der Waals surface area contributed by atoms with Crippen LogP contribution in [-0.4, -0.2) is 28.6 Å². The number of rotatable bonds is 3. The van der Waals surface area contributed by atoms with Crippen molar-refractivity contribution >= 4 is 16.9 Å². The Bertz CT molecular complexity index is 677. The van der Waals surface area contributed by atoms with Gasteiger partial charge in [0.1, 0.15) is 5.69 Å². The van der Waals surface area contributed by atoms with E-state index < -0.39 is 0 Å². The zero-order valence-corrected chi connectivity index (χ0v) is 14.3. The summed E-state index contributed by atoms with van der Waals surface area (Å²) in [4.78, 5) is 15.0. The minimum Gasteiger partial charge on any atom is -0.356 e. The van der Waals surface area contributed by atoms with E-state index in [9.17, 15) is 4.79 Å². The zero-order chi connectivity index (χ0) is 16.4. The molecule has 2 atom stereocenters. The van der Waals surface area contributed by atoms with E-state index in [4.69, 9.17) is 4.52 Å². The summed E-state index contributed by atoms with van der Waals surface area (Å²) in [5, 5.41) is 5.07. The van der Waals surface area contributed by atoms with E-state index in [0.717, 1.165) is 36.0 Å². The largest absolute Gasteiger partial charge is 0.356 e. The van der Waals surface area contributed by atoms with Gasteiger partial charge in [-0.1, -0.05) is 38.1 Å². The van der Waals surface area contributed by atoms with Crippen molar-refractivity contribution in [2.45, 2.75) is 52.5 Å². The number of amides is 1. The van der Waals surface area contributed by atoms with E-state index in [1.165, 1.54) is 6.42 Å². The molecule has 1 saturated heterocycles. The highest BCUT2D eigenvalue weighted by molar-refractivity contribution is 5.86. The lowest BCUT2D eigenvalue weighted by Crippen LogP contribution is -2.43. The normalized spacial score (nSPS) is 22.5. The Morgan fingerprint density at radius 3 is 2.87 bits per heavy atom. The summed E-state index contributed by atoms with van der Waals surface area (Å²) >= 11 is 0. The Balaban J connectivity index is 1.80. The van der Waals surface area contributed by atoms with Gasteiger partial charge >= 0.3 is 0 Å². The molecule has 4 heteroatoms. The Labute approximate surface area is 137 Å². The van der Waals surface area contributed by atoms with Gasteiger partial charge in [0.15, 0.2) is 5.58 Å². The summed E-state index contributed by atoms with van der Waals surface area (Å²) in [5.74, 6) is 1.36. The Kier molecular flexibility index (Phi) is 4.69. The van der Waals surface area contributed by atoms with Crippen LogP contribution in [0.15, 0.2) is 28.8 Å². The molecule has 1 aliphatic rings. The maximum absolute atomic E-state index is 12.9. The fraction of sp³-hybridized carbons (Fsp3) is 0.579. The van der Waals surface area contributed by atoms with Gasteiger partial charge in [-0.25, -0.2) is 0 Å². The second kappa shape index (κ2) is 6.73. The monoisotopic (exact) mass is 314 g/mol. The third kappa shape index (κ3) is 3.41. The highest BCUT2D eigenvalue weighted by atomic mass is 16.5. The molecule has 1 fully saturated rings. The molecule has 2 unspecified atom stereocenters. The molecular formula is C19H26N2O2. The number of aromatic nitrogens is 1. The number of para-hydroxylation sites is 1. The van der Waals surface area contributed by atoms with E-state index in [-0.39, 0.29) is 5.91 Å². The molecule has 3 rings (SSSR count).